The Kier molecular flexibility index (Phi) is 8.42. The van der Waals surface area contributed by atoms with Crippen LogP contribution in [-0.2, 0) is 14.3 Å². The molecule has 0 aliphatic carbocycles. The van der Waals surface area contributed by atoms with Gasteiger partial charge >= 0.3 is 5.97 Å². The minimum atomic E-state index is -0.884. The fraction of sp³-hybridized carbons (Fsp3) is 0.857. The highest BCUT2D eigenvalue weighted by molar-refractivity contribution is 5.87. The molecule has 1 N–H and O–H groups in total. The second kappa shape index (κ2) is 8.95. The van der Waals surface area contributed by atoms with Gasteiger partial charge in [-0.3, -0.25) is 4.79 Å². The number of carbonyl (C=O) groups is 2. The Morgan fingerprint density at radius 1 is 1.11 bits per heavy atom. The molecule has 106 valence electrons. The fourth-order valence-corrected chi connectivity index (χ4v) is 2.02. The van der Waals surface area contributed by atoms with Gasteiger partial charge in [0.2, 0.25) is 5.91 Å². The van der Waals surface area contributed by atoms with Gasteiger partial charge in [-0.1, -0.05) is 39.5 Å². The van der Waals surface area contributed by atoms with Crippen molar-refractivity contribution in [1.82, 2.24) is 5.32 Å². The van der Waals surface area contributed by atoms with E-state index in [0.717, 1.165) is 32.1 Å². The Bertz CT molecular complexity index is 266. The molecule has 0 saturated carbocycles. The Labute approximate surface area is 110 Å². The number of hydrogen-bond acceptors (Lipinski definition) is 3. The standard InChI is InChI=1S/C14H27NO3/c1-5-7-8-9-10-12(16)15-14(3,11-6-2)13(17)18-4/h5-11H2,1-4H3,(H,15,16). The van der Waals surface area contributed by atoms with Gasteiger partial charge in [0.25, 0.3) is 0 Å². The third-order valence-electron chi connectivity index (χ3n) is 3.06. The van der Waals surface area contributed by atoms with Gasteiger partial charge in [0, 0.05) is 6.42 Å². The molecule has 0 saturated heterocycles. The quantitative estimate of drug-likeness (QED) is 0.510. The van der Waals surface area contributed by atoms with Crippen LogP contribution in [0.4, 0.5) is 0 Å². The number of esters is 1. The smallest absolute Gasteiger partial charge is 0.331 e. The van der Waals surface area contributed by atoms with Crippen LogP contribution >= 0.6 is 0 Å². The molecular formula is C14H27NO3. The number of rotatable bonds is 9. The molecule has 1 unspecified atom stereocenters. The first-order chi connectivity index (χ1) is 8.50. The van der Waals surface area contributed by atoms with Crippen molar-refractivity contribution in [3.8, 4) is 0 Å². The van der Waals surface area contributed by atoms with Crippen LogP contribution in [0.25, 0.3) is 0 Å². The van der Waals surface area contributed by atoms with Crippen molar-refractivity contribution in [2.24, 2.45) is 0 Å². The maximum absolute atomic E-state index is 11.8. The summed E-state index contributed by atoms with van der Waals surface area (Å²) in [5.74, 6) is -0.432. The van der Waals surface area contributed by atoms with Crippen LogP contribution < -0.4 is 5.32 Å². The highest BCUT2D eigenvalue weighted by Crippen LogP contribution is 2.15. The van der Waals surface area contributed by atoms with Gasteiger partial charge in [-0.2, -0.15) is 0 Å². The van der Waals surface area contributed by atoms with E-state index in [1.54, 1.807) is 6.92 Å². The zero-order valence-electron chi connectivity index (χ0n) is 12.2. The number of methoxy groups -OCH3 is 1. The average molecular weight is 257 g/mol. The predicted molar refractivity (Wildman–Crippen MR) is 72.2 cm³/mol. The van der Waals surface area contributed by atoms with Crippen molar-refractivity contribution in [1.29, 1.82) is 0 Å². The lowest BCUT2D eigenvalue weighted by atomic mass is 9.95. The van der Waals surface area contributed by atoms with Crippen LogP contribution in [-0.4, -0.2) is 24.5 Å². The summed E-state index contributed by atoms with van der Waals surface area (Å²) in [6, 6.07) is 0. The molecule has 0 aromatic heterocycles. The van der Waals surface area contributed by atoms with Crippen molar-refractivity contribution in [3.63, 3.8) is 0 Å². The second-order valence-corrected chi connectivity index (χ2v) is 4.93. The summed E-state index contributed by atoms with van der Waals surface area (Å²) in [4.78, 5) is 23.5. The maximum Gasteiger partial charge on any atom is 0.331 e. The van der Waals surface area contributed by atoms with Crippen molar-refractivity contribution >= 4 is 11.9 Å². The van der Waals surface area contributed by atoms with Gasteiger partial charge in [0.1, 0.15) is 5.54 Å². The average Bonchev–Trinajstić information content (AvgIpc) is 2.33. The van der Waals surface area contributed by atoms with Crippen molar-refractivity contribution in [2.75, 3.05) is 7.11 Å². The lowest BCUT2D eigenvalue weighted by molar-refractivity contribution is -0.150. The van der Waals surface area contributed by atoms with Crippen LogP contribution in [0.15, 0.2) is 0 Å². The van der Waals surface area contributed by atoms with Crippen LogP contribution in [0.2, 0.25) is 0 Å². The minimum Gasteiger partial charge on any atom is -0.467 e. The topological polar surface area (TPSA) is 55.4 Å². The number of ether oxygens (including phenoxy) is 1. The summed E-state index contributed by atoms with van der Waals surface area (Å²) in [5, 5.41) is 2.81. The van der Waals surface area contributed by atoms with E-state index in [-0.39, 0.29) is 11.9 Å². The van der Waals surface area contributed by atoms with Crippen LogP contribution in [0.1, 0.15) is 65.7 Å². The van der Waals surface area contributed by atoms with Gasteiger partial charge in [0.15, 0.2) is 0 Å². The van der Waals surface area contributed by atoms with E-state index in [4.69, 9.17) is 4.74 Å². The molecule has 4 nitrogen and oxygen atoms in total. The molecule has 18 heavy (non-hydrogen) atoms. The Hall–Kier alpha value is -1.06. The first-order valence-electron chi connectivity index (χ1n) is 6.89. The number of unbranched alkanes of at least 4 members (excludes halogenated alkanes) is 3. The van der Waals surface area contributed by atoms with E-state index in [1.807, 2.05) is 6.92 Å². The van der Waals surface area contributed by atoms with E-state index in [2.05, 4.69) is 12.2 Å². The third kappa shape index (κ3) is 6.03. The molecule has 0 aromatic rings. The lowest BCUT2D eigenvalue weighted by Crippen LogP contribution is -2.52. The number of nitrogens with one attached hydrogen (secondary N) is 1. The summed E-state index contributed by atoms with van der Waals surface area (Å²) < 4.78 is 4.76. The maximum atomic E-state index is 11.8. The normalized spacial score (nSPS) is 13.8. The molecule has 0 bridgehead atoms. The number of carbonyl (C=O) groups excluding carboxylic acids is 2. The Morgan fingerprint density at radius 2 is 1.78 bits per heavy atom. The van der Waals surface area contributed by atoms with Gasteiger partial charge in [-0.15, -0.1) is 0 Å². The van der Waals surface area contributed by atoms with Crippen molar-refractivity contribution in [3.05, 3.63) is 0 Å². The molecule has 0 spiro atoms. The number of hydrogen-bond donors (Lipinski definition) is 1. The van der Waals surface area contributed by atoms with Crippen molar-refractivity contribution in [2.45, 2.75) is 71.3 Å². The molecule has 0 aromatic carbocycles. The summed E-state index contributed by atoms with van der Waals surface area (Å²) in [5.41, 5.74) is -0.884. The molecule has 0 radical (unpaired) electrons. The van der Waals surface area contributed by atoms with Crippen molar-refractivity contribution < 1.29 is 14.3 Å². The molecule has 0 aliphatic heterocycles. The summed E-state index contributed by atoms with van der Waals surface area (Å²) in [6.07, 6.45) is 6.14. The van der Waals surface area contributed by atoms with E-state index in [1.165, 1.54) is 7.11 Å². The highest BCUT2D eigenvalue weighted by atomic mass is 16.5. The number of amides is 1. The van der Waals surface area contributed by atoms with E-state index in [9.17, 15) is 9.59 Å². The first-order valence-corrected chi connectivity index (χ1v) is 6.89. The van der Waals surface area contributed by atoms with Crippen LogP contribution in [0, 0.1) is 0 Å². The lowest BCUT2D eigenvalue weighted by Gasteiger charge is -2.27. The van der Waals surface area contributed by atoms with E-state index >= 15 is 0 Å². The Balaban J connectivity index is 4.23. The van der Waals surface area contributed by atoms with Crippen LogP contribution in [0.3, 0.4) is 0 Å². The molecule has 4 heteroatoms. The summed E-state index contributed by atoms with van der Waals surface area (Å²) >= 11 is 0. The Morgan fingerprint density at radius 3 is 2.28 bits per heavy atom. The summed E-state index contributed by atoms with van der Waals surface area (Å²) in [6.45, 7) is 5.84. The highest BCUT2D eigenvalue weighted by Gasteiger charge is 2.34. The molecule has 0 fully saturated rings. The summed E-state index contributed by atoms with van der Waals surface area (Å²) in [7, 11) is 1.35. The predicted octanol–water partition coefficient (Wildman–Crippen LogP) is 2.80. The zero-order valence-corrected chi connectivity index (χ0v) is 12.2. The van der Waals surface area contributed by atoms with E-state index in [0.29, 0.717) is 12.8 Å². The molecule has 0 rings (SSSR count). The van der Waals surface area contributed by atoms with Gasteiger partial charge in [-0.25, -0.2) is 4.79 Å². The van der Waals surface area contributed by atoms with E-state index < -0.39 is 5.54 Å². The largest absolute Gasteiger partial charge is 0.467 e. The molecule has 1 amide bonds. The SMILES string of the molecule is CCCCCCC(=O)NC(C)(CCC)C(=O)OC. The van der Waals surface area contributed by atoms with Gasteiger partial charge in [-0.05, 0) is 19.8 Å². The second-order valence-electron chi connectivity index (χ2n) is 4.93. The molecule has 1 atom stereocenters. The molecular weight excluding hydrogens is 230 g/mol. The zero-order chi connectivity index (χ0) is 14.0. The fourth-order valence-electron chi connectivity index (χ4n) is 2.02. The van der Waals surface area contributed by atoms with Gasteiger partial charge in [0.05, 0.1) is 7.11 Å². The monoisotopic (exact) mass is 257 g/mol. The molecule has 0 aliphatic rings. The third-order valence-corrected chi connectivity index (χ3v) is 3.06. The van der Waals surface area contributed by atoms with Gasteiger partial charge < -0.3 is 10.1 Å². The molecule has 0 heterocycles. The van der Waals surface area contributed by atoms with Crippen LogP contribution in [0.5, 0.6) is 0 Å². The minimum absolute atomic E-state index is 0.0625. The first kappa shape index (κ1) is 16.9.